The number of halogens is 1. The Morgan fingerprint density at radius 1 is 1.00 bits per heavy atom. The van der Waals surface area contributed by atoms with Gasteiger partial charge in [-0.2, -0.15) is 0 Å². The minimum Gasteiger partial charge on any atom is -0.493 e. The number of nitrogens with one attached hydrogen (secondary N) is 1. The Morgan fingerprint density at radius 2 is 1.58 bits per heavy atom. The third-order valence-corrected chi connectivity index (χ3v) is 6.57. The van der Waals surface area contributed by atoms with Gasteiger partial charge < -0.3 is 9.47 Å². The van der Waals surface area contributed by atoms with Crippen molar-refractivity contribution in [3.8, 4) is 11.5 Å². The lowest BCUT2D eigenvalue weighted by Gasteiger charge is -2.15. The molecule has 2 rings (SSSR count). The molecule has 0 saturated carbocycles. The van der Waals surface area contributed by atoms with E-state index >= 15 is 0 Å². The van der Waals surface area contributed by atoms with Crippen LogP contribution in [0.4, 0.5) is 5.69 Å². The number of ether oxygens (including phenoxy) is 2. The van der Waals surface area contributed by atoms with Crippen LogP contribution in [0.3, 0.4) is 0 Å². The second kappa shape index (κ2) is 7.85. The predicted molar refractivity (Wildman–Crippen MR) is 103 cm³/mol. The molecule has 0 saturated heterocycles. The zero-order valence-corrected chi connectivity index (χ0v) is 17.5. The molecule has 0 heterocycles. The predicted octanol–water partition coefficient (Wildman–Crippen LogP) is 2.81. The monoisotopic (exact) mass is 463 g/mol. The van der Waals surface area contributed by atoms with Gasteiger partial charge in [0.15, 0.2) is 21.3 Å². The Morgan fingerprint density at radius 3 is 2.15 bits per heavy atom. The van der Waals surface area contributed by atoms with Gasteiger partial charge in [0.05, 0.1) is 25.7 Å². The number of anilines is 1. The van der Waals surface area contributed by atoms with Crippen LogP contribution in [0.25, 0.3) is 0 Å². The van der Waals surface area contributed by atoms with Gasteiger partial charge >= 0.3 is 0 Å². The molecule has 0 amide bonds. The second-order valence-electron chi connectivity index (χ2n) is 5.47. The molecular weight excluding hydrogens is 446 g/mol. The minimum atomic E-state index is -4.01. The molecule has 10 heteroatoms. The van der Waals surface area contributed by atoms with E-state index in [4.69, 9.17) is 9.47 Å². The van der Waals surface area contributed by atoms with E-state index in [-0.39, 0.29) is 26.6 Å². The van der Waals surface area contributed by atoms with Crippen LogP contribution in [-0.4, -0.2) is 37.3 Å². The van der Waals surface area contributed by atoms with E-state index in [1.807, 2.05) is 0 Å². The van der Waals surface area contributed by atoms with E-state index in [1.165, 1.54) is 32.4 Å². The van der Waals surface area contributed by atoms with Crippen LogP contribution in [0.5, 0.6) is 11.5 Å². The molecular formula is C16H18BrNO6S2. The molecule has 0 fully saturated rings. The average Bonchev–Trinajstić information content (AvgIpc) is 2.54. The Balaban J connectivity index is 2.48. The molecule has 26 heavy (non-hydrogen) atoms. The van der Waals surface area contributed by atoms with Gasteiger partial charge in [0.1, 0.15) is 4.90 Å². The van der Waals surface area contributed by atoms with Crippen molar-refractivity contribution in [2.75, 3.05) is 25.2 Å². The molecule has 2 aromatic carbocycles. The average molecular weight is 464 g/mol. The summed E-state index contributed by atoms with van der Waals surface area (Å²) in [5, 5.41) is 0. The quantitative estimate of drug-likeness (QED) is 0.677. The van der Waals surface area contributed by atoms with Crippen LogP contribution in [0.2, 0.25) is 0 Å². The van der Waals surface area contributed by atoms with Crippen molar-refractivity contribution in [1.29, 1.82) is 0 Å². The normalized spacial score (nSPS) is 11.8. The van der Waals surface area contributed by atoms with Crippen molar-refractivity contribution < 1.29 is 26.3 Å². The van der Waals surface area contributed by atoms with Crippen molar-refractivity contribution in [3.05, 3.63) is 46.4 Å². The van der Waals surface area contributed by atoms with Crippen LogP contribution in [0.1, 0.15) is 5.56 Å². The van der Waals surface area contributed by atoms with Crippen LogP contribution in [0.15, 0.2) is 45.8 Å². The first-order valence-electron chi connectivity index (χ1n) is 7.27. The van der Waals surface area contributed by atoms with Crippen LogP contribution < -0.4 is 14.2 Å². The molecule has 0 radical (unpaired) electrons. The van der Waals surface area contributed by atoms with Gasteiger partial charge in [0.25, 0.3) is 10.0 Å². The summed E-state index contributed by atoms with van der Waals surface area (Å²) in [6.07, 6.45) is 1.09. The van der Waals surface area contributed by atoms with E-state index in [9.17, 15) is 16.8 Å². The summed E-state index contributed by atoms with van der Waals surface area (Å²) in [4.78, 5) is -0.0655. The second-order valence-corrected chi connectivity index (χ2v) is 10.1. The maximum Gasteiger partial charge on any atom is 0.263 e. The van der Waals surface area contributed by atoms with Gasteiger partial charge in [-0.1, -0.05) is 18.2 Å². The number of benzene rings is 2. The molecule has 2 aromatic rings. The first-order chi connectivity index (χ1) is 12.1. The summed E-state index contributed by atoms with van der Waals surface area (Å²) in [7, 11) is -4.49. The number of sulfone groups is 1. The summed E-state index contributed by atoms with van der Waals surface area (Å²) < 4.78 is 61.8. The highest BCUT2D eigenvalue weighted by Crippen LogP contribution is 2.36. The van der Waals surface area contributed by atoms with Crippen molar-refractivity contribution in [1.82, 2.24) is 0 Å². The first kappa shape index (κ1) is 20.5. The van der Waals surface area contributed by atoms with E-state index < -0.39 is 19.9 Å². The van der Waals surface area contributed by atoms with Gasteiger partial charge in [0, 0.05) is 16.8 Å². The summed E-state index contributed by atoms with van der Waals surface area (Å²) in [5.74, 6) is 0.343. The topological polar surface area (TPSA) is 98.8 Å². The number of hydrogen-bond acceptors (Lipinski definition) is 6. The van der Waals surface area contributed by atoms with Crippen molar-refractivity contribution in [3.63, 3.8) is 0 Å². The molecule has 142 valence electrons. The third kappa shape index (κ3) is 4.89. The summed E-state index contributed by atoms with van der Waals surface area (Å²) in [6, 6.07) is 9.13. The number of sulfonamides is 1. The lowest BCUT2D eigenvalue weighted by atomic mass is 10.2. The summed E-state index contributed by atoms with van der Waals surface area (Å²) in [6.45, 7) is 0. The van der Waals surface area contributed by atoms with Crippen molar-refractivity contribution in [2.45, 2.75) is 10.6 Å². The fourth-order valence-corrected chi connectivity index (χ4v) is 5.22. The maximum atomic E-state index is 12.8. The highest BCUT2D eigenvalue weighted by atomic mass is 79.9. The third-order valence-electron chi connectivity index (χ3n) is 3.41. The van der Waals surface area contributed by atoms with Crippen LogP contribution in [0, 0.1) is 0 Å². The fourth-order valence-electron chi connectivity index (χ4n) is 2.27. The molecule has 0 unspecified atom stereocenters. The van der Waals surface area contributed by atoms with Gasteiger partial charge in [0.2, 0.25) is 0 Å². The number of para-hydroxylation sites is 1. The molecule has 0 aromatic heterocycles. The lowest BCUT2D eigenvalue weighted by Crippen LogP contribution is -2.16. The smallest absolute Gasteiger partial charge is 0.263 e. The first-order valence-corrected chi connectivity index (χ1v) is 11.6. The molecule has 0 bridgehead atoms. The minimum absolute atomic E-state index is 0.0655. The molecule has 0 aliphatic rings. The zero-order chi connectivity index (χ0) is 19.5. The summed E-state index contributed by atoms with van der Waals surface area (Å²) in [5.41, 5.74) is 0.551. The Hall–Kier alpha value is -1.78. The number of methoxy groups -OCH3 is 2. The van der Waals surface area contributed by atoms with Crippen LogP contribution >= 0.6 is 15.9 Å². The molecule has 7 nitrogen and oxygen atoms in total. The fraction of sp³-hybridized carbons (Fsp3) is 0.250. The highest BCUT2D eigenvalue weighted by Gasteiger charge is 2.23. The van der Waals surface area contributed by atoms with E-state index in [0.29, 0.717) is 11.3 Å². The standard InChI is InChI=1S/C16H18BrNO6S2/c1-23-14-8-12(17)16(9-15(14)24-2)26(21,22)18-13-7-5-4-6-11(13)10-25(3,19)20/h4-9,18H,10H2,1-3H3. The van der Waals surface area contributed by atoms with Crippen molar-refractivity contribution in [2.24, 2.45) is 0 Å². The van der Waals surface area contributed by atoms with E-state index in [1.54, 1.807) is 18.2 Å². The Kier molecular flexibility index (Phi) is 6.20. The largest absolute Gasteiger partial charge is 0.493 e. The van der Waals surface area contributed by atoms with E-state index in [0.717, 1.165) is 6.26 Å². The van der Waals surface area contributed by atoms with Gasteiger partial charge in [-0.05, 0) is 33.6 Å². The molecule has 0 aliphatic carbocycles. The summed E-state index contributed by atoms with van der Waals surface area (Å²) >= 11 is 3.22. The zero-order valence-electron chi connectivity index (χ0n) is 14.3. The molecule has 1 N–H and O–H groups in total. The number of rotatable bonds is 7. The van der Waals surface area contributed by atoms with E-state index in [2.05, 4.69) is 20.7 Å². The molecule has 0 spiro atoms. The maximum absolute atomic E-state index is 12.8. The van der Waals surface area contributed by atoms with Gasteiger partial charge in [-0.3, -0.25) is 4.72 Å². The SMILES string of the molecule is COc1cc(Br)c(S(=O)(=O)Nc2ccccc2CS(C)(=O)=O)cc1OC. The van der Waals surface area contributed by atoms with Gasteiger partial charge in [-0.25, -0.2) is 16.8 Å². The Labute approximate surface area is 161 Å². The molecule has 0 aliphatic heterocycles. The highest BCUT2D eigenvalue weighted by molar-refractivity contribution is 9.10. The van der Waals surface area contributed by atoms with Crippen LogP contribution in [-0.2, 0) is 25.6 Å². The lowest BCUT2D eigenvalue weighted by molar-refractivity contribution is 0.353. The van der Waals surface area contributed by atoms with Crippen molar-refractivity contribution >= 4 is 41.5 Å². The molecule has 0 atom stereocenters. The Bertz CT molecular complexity index is 1020. The number of hydrogen-bond donors (Lipinski definition) is 1. The van der Waals surface area contributed by atoms with Gasteiger partial charge in [-0.15, -0.1) is 0 Å².